The van der Waals surface area contributed by atoms with E-state index in [4.69, 9.17) is 9.88 Å². The summed E-state index contributed by atoms with van der Waals surface area (Å²) in [6.45, 7) is 1.63. The van der Waals surface area contributed by atoms with Crippen molar-refractivity contribution in [1.29, 1.82) is 0 Å². The van der Waals surface area contributed by atoms with Crippen LogP contribution in [0.15, 0.2) is 45.8 Å². The van der Waals surface area contributed by atoms with E-state index in [2.05, 4.69) is 21.2 Å². The minimum Gasteiger partial charge on any atom is -0.496 e. The number of ether oxygens (including phenoxy) is 1. The molecule has 2 rings (SSSR count). The number of halogens is 1. The van der Waals surface area contributed by atoms with Crippen molar-refractivity contribution in [3.8, 4) is 5.75 Å². The molecule has 0 radical (unpaired) electrons. The SMILES string of the molecule is COc1ccc(C(=O)Nc2ccc(C)c(S(N)(=O)=O)c2)cc1Br. The third kappa shape index (κ3) is 4.10. The van der Waals surface area contributed by atoms with Crippen LogP contribution in [0.25, 0.3) is 0 Å². The van der Waals surface area contributed by atoms with Gasteiger partial charge in [-0.25, -0.2) is 13.6 Å². The number of sulfonamides is 1. The lowest BCUT2D eigenvalue weighted by atomic mass is 10.2. The van der Waals surface area contributed by atoms with E-state index in [9.17, 15) is 13.2 Å². The number of hydrogen-bond donors (Lipinski definition) is 2. The summed E-state index contributed by atoms with van der Waals surface area (Å²) in [6, 6.07) is 9.40. The molecule has 0 heterocycles. The van der Waals surface area contributed by atoms with Gasteiger partial charge < -0.3 is 10.1 Å². The van der Waals surface area contributed by atoms with E-state index < -0.39 is 10.0 Å². The van der Waals surface area contributed by atoms with E-state index in [1.54, 1.807) is 37.3 Å². The Bertz CT molecular complexity index is 866. The Kier molecular flexibility index (Phi) is 5.08. The number of amides is 1. The second-order valence-corrected chi connectivity index (χ2v) is 7.21. The van der Waals surface area contributed by atoms with Gasteiger partial charge in [0.05, 0.1) is 16.5 Å². The molecule has 0 aromatic heterocycles. The molecule has 8 heteroatoms. The molecule has 2 aromatic carbocycles. The molecule has 2 aromatic rings. The van der Waals surface area contributed by atoms with Crippen LogP contribution in [-0.4, -0.2) is 21.4 Å². The van der Waals surface area contributed by atoms with Gasteiger partial charge in [-0.15, -0.1) is 0 Å². The Hall–Kier alpha value is -1.90. The second-order valence-electron chi connectivity index (χ2n) is 4.83. The number of carbonyl (C=O) groups excluding carboxylic acids is 1. The molecule has 0 aliphatic carbocycles. The van der Waals surface area contributed by atoms with Crippen molar-refractivity contribution >= 4 is 37.5 Å². The van der Waals surface area contributed by atoms with E-state index in [0.717, 1.165) is 0 Å². The molecule has 0 atom stereocenters. The number of primary sulfonamides is 1. The minimum absolute atomic E-state index is 0.0220. The van der Waals surface area contributed by atoms with Crippen LogP contribution < -0.4 is 15.2 Å². The lowest BCUT2D eigenvalue weighted by Crippen LogP contribution is -2.16. The number of rotatable bonds is 4. The van der Waals surface area contributed by atoms with Crippen molar-refractivity contribution in [3.05, 3.63) is 52.0 Å². The van der Waals surface area contributed by atoms with Gasteiger partial charge in [-0.05, 0) is 58.7 Å². The first-order valence-corrected chi connectivity index (χ1v) is 8.84. The number of methoxy groups -OCH3 is 1. The first kappa shape index (κ1) is 17.5. The fourth-order valence-electron chi connectivity index (χ4n) is 2.00. The average molecular weight is 399 g/mol. The lowest BCUT2D eigenvalue weighted by molar-refractivity contribution is 0.102. The molecule has 23 heavy (non-hydrogen) atoms. The third-order valence-corrected chi connectivity index (χ3v) is 4.84. The number of aryl methyl sites for hydroxylation is 1. The van der Waals surface area contributed by atoms with Gasteiger partial charge in [0.25, 0.3) is 5.91 Å². The van der Waals surface area contributed by atoms with Crippen LogP contribution >= 0.6 is 15.9 Å². The summed E-state index contributed by atoms with van der Waals surface area (Å²) >= 11 is 3.31. The molecule has 1 amide bonds. The monoisotopic (exact) mass is 398 g/mol. The summed E-state index contributed by atoms with van der Waals surface area (Å²) in [5.41, 5.74) is 1.25. The molecular weight excluding hydrogens is 384 g/mol. The van der Waals surface area contributed by atoms with Gasteiger partial charge in [-0.3, -0.25) is 4.79 Å². The highest BCUT2D eigenvalue weighted by Gasteiger charge is 2.14. The summed E-state index contributed by atoms with van der Waals surface area (Å²) in [5.74, 6) is 0.228. The highest BCUT2D eigenvalue weighted by Crippen LogP contribution is 2.26. The molecule has 0 unspecified atom stereocenters. The van der Waals surface area contributed by atoms with E-state index in [1.165, 1.54) is 13.2 Å². The van der Waals surface area contributed by atoms with E-state index >= 15 is 0 Å². The van der Waals surface area contributed by atoms with Gasteiger partial charge in [-0.1, -0.05) is 6.07 Å². The van der Waals surface area contributed by atoms with Crippen LogP contribution in [0.5, 0.6) is 5.75 Å². The number of anilines is 1. The Morgan fingerprint density at radius 2 is 1.91 bits per heavy atom. The van der Waals surface area contributed by atoms with Crippen LogP contribution in [0.3, 0.4) is 0 Å². The summed E-state index contributed by atoms with van der Waals surface area (Å²) < 4.78 is 28.8. The van der Waals surface area contributed by atoms with Crippen molar-refractivity contribution in [2.24, 2.45) is 5.14 Å². The number of nitrogens with two attached hydrogens (primary N) is 1. The zero-order valence-corrected chi connectivity index (χ0v) is 14.9. The normalized spacial score (nSPS) is 11.1. The van der Waals surface area contributed by atoms with Crippen LogP contribution in [0, 0.1) is 6.92 Å². The molecule has 122 valence electrons. The number of carbonyl (C=O) groups is 1. The van der Waals surface area contributed by atoms with Crippen molar-refractivity contribution in [2.45, 2.75) is 11.8 Å². The maximum absolute atomic E-state index is 12.3. The highest BCUT2D eigenvalue weighted by atomic mass is 79.9. The molecular formula is C15H15BrN2O4S. The topological polar surface area (TPSA) is 98.5 Å². The van der Waals surface area contributed by atoms with E-state index in [0.29, 0.717) is 27.0 Å². The summed E-state index contributed by atoms with van der Waals surface area (Å²) in [4.78, 5) is 12.2. The van der Waals surface area contributed by atoms with Gasteiger partial charge in [0.2, 0.25) is 10.0 Å². The Balaban J connectivity index is 2.29. The predicted molar refractivity (Wildman–Crippen MR) is 91.2 cm³/mol. The number of nitrogens with one attached hydrogen (secondary N) is 1. The molecule has 0 spiro atoms. The molecule has 0 bridgehead atoms. The van der Waals surface area contributed by atoms with Crippen LogP contribution in [0.2, 0.25) is 0 Å². The molecule has 0 aliphatic heterocycles. The standard InChI is InChI=1S/C15H15BrN2O4S/c1-9-3-5-11(8-14(9)23(17,20)21)18-15(19)10-4-6-13(22-2)12(16)7-10/h3-8H,1-2H3,(H,18,19)(H2,17,20,21). The van der Waals surface area contributed by atoms with E-state index in [-0.39, 0.29) is 10.8 Å². The van der Waals surface area contributed by atoms with Crippen molar-refractivity contribution in [2.75, 3.05) is 12.4 Å². The van der Waals surface area contributed by atoms with E-state index in [1.807, 2.05) is 0 Å². The van der Waals surface area contributed by atoms with Gasteiger partial charge in [0.15, 0.2) is 0 Å². The Labute approximate surface area is 142 Å². The zero-order valence-electron chi connectivity index (χ0n) is 12.5. The second kappa shape index (κ2) is 6.69. The van der Waals surface area contributed by atoms with Gasteiger partial charge >= 0.3 is 0 Å². The molecule has 0 saturated heterocycles. The lowest BCUT2D eigenvalue weighted by Gasteiger charge is -2.10. The third-order valence-electron chi connectivity index (χ3n) is 3.17. The fraction of sp³-hybridized carbons (Fsp3) is 0.133. The molecule has 0 fully saturated rings. The summed E-state index contributed by atoms with van der Waals surface area (Å²) in [7, 11) is -2.32. The van der Waals surface area contributed by atoms with Crippen molar-refractivity contribution in [1.82, 2.24) is 0 Å². The fourth-order valence-corrected chi connectivity index (χ4v) is 3.34. The van der Waals surface area contributed by atoms with Gasteiger partial charge in [0.1, 0.15) is 5.75 Å². The zero-order chi connectivity index (χ0) is 17.2. The van der Waals surface area contributed by atoms with Crippen LogP contribution in [0.1, 0.15) is 15.9 Å². The van der Waals surface area contributed by atoms with Gasteiger partial charge in [-0.2, -0.15) is 0 Å². The molecule has 6 nitrogen and oxygen atoms in total. The molecule has 0 aliphatic rings. The highest BCUT2D eigenvalue weighted by molar-refractivity contribution is 9.10. The Morgan fingerprint density at radius 1 is 1.22 bits per heavy atom. The van der Waals surface area contributed by atoms with Crippen LogP contribution in [0.4, 0.5) is 5.69 Å². The smallest absolute Gasteiger partial charge is 0.255 e. The first-order valence-electron chi connectivity index (χ1n) is 6.50. The quantitative estimate of drug-likeness (QED) is 0.826. The Morgan fingerprint density at radius 3 is 2.48 bits per heavy atom. The average Bonchev–Trinajstić information content (AvgIpc) is 2.48. The summed E-state index contributed by atoms with van der Waals surface area (Å²) in [6.07, 6.45) is 0. The first-order chi connectivity index (χ1) is 10.7. The maximum atomic E-state index is 12.3. The summed E-state index contributed by atoms with van der Waals surface area (Å²) in [5, 5.41) is 7.80. The van der Waals surface area contributed by atoms with Gasteiger partial charge in [0, 0.05) is 11.3 Å². The van der Waals surface area contributed by atoms with Crippen LogP contribution in [-0.2, 0) is 10.0 Å². The maximum Gasteiger partial charge on any atom is 0.255 e. The predicted octanol–water partition coefficient (Wildman–Crippen LogP) is 2.67. The number of benzene rings is 2. The molecule has 0 saturated carbocycles. The molecule has 3 N–H and O–H groups in total. The number of hydrogen-bond acceptors (Lipinski definition) is 4. The van der Waals surface area contributed by atoms with Crippen molar-refractivity contribution in [3.63, 3.8) is 0 Å². The van der Waals surface area contributed by atoms with Crippen molar-refractivity contribution < 1.29 is 17.9 Å². The minimum atomic E-state index is -3.85. The largest absolute Gasteiger partial charge is 0.496 e.